The van der Waals surface area contributed by atoms with Crippen LogP contribution in [0.2, 0.25) is 0 Å². The number of hydrogen-bond acceptors (Lipinski definition) is 2. The van der Waals surface area contributed by atoms with Gasteiger partial charge in [-0.3, -0.25) is 0 Å². The van der Waals surface area contributed by atoms with Crippen molar-refractivity contribution in [2.45, 2.75) is 6.54 Å². The molecule has 0 amide bonds. The van der Waals surface area contributed by atoms with E-state index in [4.69, 9.17) is 5.26 Å². The molecule has 0 aliphatic carbocycles. The number of para-hydroxylation sites is 1. The summed E-state index contributed by atoms with van der Waals surface area (Å²) >= 11 is 0. The van der Waals surface area contributed by atoms with E-state index in [1.165, 1.54) is 11.3 Å². The van der Waals surface area contributed by atoms with Crippen LogP contribution < -0.4 is 4.90 Å². The van der Waals surface area contributed by atoms with Crippen LogP contribution in [0.15, 0.2) is 60.2 Å². The summed E-state index contributed by atoms with van der Waals surface area (Å²) in [6.07, 6.45) is 1.98. The molecule has 2 nitrogen and oxygen atoms in total. The fourth-order valence-corrected chi connectivity index (χ4v) is 2.43. The Morgan fingerprint density at radius 3 is 2.53 bits per heavy atom. The highest BCUT2D eigenvalue weighted by atomic mass is 15.1. The average Bonchev–Trinajstić information content (AvgIpc) is 2.48. The molecule has 1 aliphatic rings. The lowest BCUT2D eigenvalue weighted by Gasteiger charge is -2.29. The second kappa shape index (κ2) is 4.99. The Balaban J connectivity index is 1.95. The van der Waals surface area contributed by atoms with E-state index in [1.54, 1.807) is 0 Å². The van der Waals surface area contributed by atoms with E-state index in [0.717, 1.165) is 17.7 Å². The molecule has 0 N–H and O–H groups in total. The molecule has 0 unspecified atom stereocenters. The molecular weight excluding hydrogens is 232 g/mol. The third-order valence-electron chi connectivity index (χ3n) is 3.33. The summed E-state index contributed by atoms with van der Waals surface area (Å²) in [6, 6.07) is 20.9. The number of benzene rings is 2. The molecule has 2 aromatic carbocycles. The van der Waals surface area contributed by atoms with Crippen molar-refractivity contribution in [1.29, 1.82) is 5.26 Å². The van der Waals surface area contributed by atoms with E-state index in [1.807, 2.05) is 36.4 Å². The minimum atomic E-state index is 0.683. The Hall–Kier alpha value is -2.53. The zero-order chi connectivity index (χ0) is 13.1. The van der Waals surface area contributed by atoms with Gasteiger partial charge in [-0.15, -0.1) is 0 Å². The summed E-state index contributed by atoms with van der Waals surface area (Å²) in [7, 11) is 0. The maximum absolute atomic E-state index is 9.16. The van der Waals surface area contributed by atoms with Gasteiger partial charge in [-0.05, 0) is 23.3 Å². The lowest BCUT2D eigenvalue weighted by atomic mass is 10.0. The third kappa shape index (κ3) is 2.36. The number of hydrogen-bond donors (Lipinski definition) is 0. The number of fused-ring (bicyclic) bond motifs is 1. The molecule has 3 rings (SSSR count). The van der Waals surface area contributed by atoms with Crippen LogP contribution in [0.25, 0.3) is 6.08 Å². The van der Waals surface area contributed by atoms with Crippen molar-refractivity contribution >= 4 is 11.8 Å². The van der Waals surface area contributed by atoms with Crippen molar-refractivity contribution in [3.8, 4) is 6.07 Å². The summed E-state index contributed by atoms with van der Waals surface area (Å²) in [5.41, 5.74) is 4.40. The van der Waals surface area contributed by atoms with Gasteiger partial charge in [-0.25, -0.2) is 0 Å². The Kier molecular flexibility index (Phi) is 3.04. The van der Waals surface area contributed by atoms with Crippen LogP contribution in [0.3, 0.4) is 0 Å². The first kappa shape index (κ1) is 11.6. The minimum Gasteiger partial charge on any atom is -0.362 e. The fraction of sp³-hybridized carbons (Fsp3) is 0.118. The lowest BCUT2D eigenvalue weighted by Crippen LogP contribution is -2.27. The largest absolute Gasteiger partial charge is 0.362 e. The predicted molar refractivity (Wildman–Crippen MR) is 77.5 cm³/mol. The standard InChI is InChI=1S/C17H14N2/c18-11-15-10-16-8-4-5-9-17(16)19(13-15)12-14-6-2-1-3-7-14/h1-10H,12-13H2. The maximum atomic E-state index is 9.16. The Labute approximate surface area is 113 Å². The number of nitriles is 1. The highest BCUT2D eigenvalue weighted by molar-refractivity contribution is 5.75. The highest BCUT2D eigenvalue weighted by Gasteiger charge is 2.17. The van der Waals surface area contributed by atoms with Crippen molar-refractivity contribution < 1.29 is 0 Å². The van der Waals surface area contributed by atoms with Gasteiger partial charge in [0.2, 0.25) is 0 Å². The Morgan fingerprint density at radius 2 is 1.74 bits per heavy atom. The molecule has 0 spiro atoms. The smallest absolute Gasteiger partial charge is 0.0966 e. The number of anilines is 1. The van der Waals surface area contributed by atoms with Crippen molar-refractivity contribution in [3.63, 3.8) is 0 Å². The molecule has 0 radical (unpaired) electrons. The second-order valence-electron chi connectivity index (χ2n) is 4.68. The lowest BCUT2D eigenvalue weighted by molar-refractivity contribution is 0.848. The van der Waals surface area contributed by atoms with Gasteiger partial charge in [-0.2, -0.15) is 5.26 Å². The molecule has 0 aromatic heterocycles. The molecule has 0 saturated carbocycles. The monoisotopic (exact) mass is 246 g/mol. The molecule has 1 heterocycles. The number of rotatable bonds is 2. The van der Waals surface area contributed by atoms with Crippen LogP contribution in [0.1, 0.15) is 11.1 Å². The van der Waals surface area contributed by atoms with Gasteiger partial charge in [0.1, 0.15) is 0 Å². The van der Waals surface area contributed by atoms with Gasteiger partial charge in [0, 0.05) is 17.8 Å². The van der Waals surface area contributed by atoms with Crippen LogP contribution in [-0.4, -0.2) is 6.54 Å². The van der Waals surface area contributed by atoms with Gasteiger partial charge >= 0.3 is 0 Å². The van der Waals surface area contributed by atoms with Crippen molar-refractivity contribution in [2.75, 3.05) is 11.4 Å². The van der Waals surface area contributed by atoms with Gasteiger partial charge < -0.3 is 4.90 Å². The molecule has 0 atom stereocenters. The Morgan fingerprint density at radius 1 is 1.00 bits per heavy atom. The van der Waals surface area contributed by atoms with Crippen LogP contribution in [0.5, 0.6) is 0 Å². The quantitative estimate of drug-likeness (QED) is 0.809. The fourth-order valence-electron chi connectivity index (χ4n) is 2.43. The summed E-state index contributed by atoms with van der Waals surface area (Å²) in [4.78, 5) is 2.25. The van der Waals surface area contributed by atoms with Crippen LogP contribution >= 0.6 is 0 Å². The number of nitrogens with zero attached hydrogens (tertiary/aromatic N) is 2. The third-order valence-corrected chi connectivity index (χ3v) is 3.33. The SMILES string of the molecule is N#CC1=Cc2ccccc2N(Cc2ccccc2)C1. The maximum Gasteiger partial charge on any atom is 0.0966 e. The highest BCUT2D eigenvalue weighted by Crippen LogP contribution is 2.29. The molecule has 2 aromatic rings. The summed E-state index contributed by atoms with van der Waals surface area (Å²) in [5, 5.41) is 9.16. The normalized spacial score (nSPS) is 13.4. The first-order valence-corrected chi connectivity index (χ1v) is 6.35. The summed E-state index contributed by atoms with van der Waals surface area (Å²) in [6.45, 7) is 1.51. The van der Waals surface area contributed by atoms with Crippen LogP contribution in [0.4, 0.5) is 5.69 Å². The van der Waals surface area contributed by atoms with Crippen molar-refractivity contribution in [2.24, 2.45) is 0 Å². The molecular formula is C17H14N2. The van der Waals surface area contributed by atoms with Gasteiger partial charge in [0.05, 0.1) is 12.6 Å². The van der Waals surface area contributed by atoms with E-state index >= 15 is 0 Å². The second-order valence-corrected chi connectivity index (χ2v) is 4.68. The first-order valence-electron chi connectivity index (χ1n) is 6.35. The summed E-state index contributed by atoms with van der Waals surface area (Å²) in [5.74, 6) is 0. The zero-order valence-electron chi connectivity index (χ0n) is 10.6. The van der Waals surface area contributed by atoms with Crippen LogP contribution in [0, 0.1) is 11.3 Å². The molecule has 0 saturated heterocycles. The molecule has 1 aliphatic heterocycles. The van der Waals surface area contributed by atoms with Crippen LogP contribution in [-0.2, 0) is 6.54 Å². The molecule has 0 bridgehead atoms. The van der Waals surface area contributed by atoms with E-state index in [-0.39, 0.29) is 0 Å². The van der Waals surface area contributed by atoms with E-state index in [0.29, 0.717) is 6.54 Å². The Bertz CT molecular complexity index is 650. The minimum absolute atomic E-state index is 0.683. The molecule has 19 heavy (non-hydrogen) atoms. The van der Waals surface area contributed by atoms with Crippen molar-refractivity contribution in [1.82, 2.24) is 0 Å². The van der Waals surface area contributed by atoms with E-state index < -0.39 is 0 Å². The first-order chi connectivity index (χ1) is 9.36. The molecule has 92 valence electrons. The average molecular weight is 246 g/mol. The molecule has 0 fully saturated rings. The van der Waals surface area contributed by atoms with Crippen molar-refractivity contribution in [3.05, 3.63) is 71.3 Å². The summed E-state index contributed by atoms with van der Waals surface area (Å²) < 4.78 is 0. The van der Waals surface area contributed by atoms with Gasteiger partial charge in [0.15, 0.2) is 0 Å². The van der Waals surface area contributed by atoms with E-state index in [2.05, 4.69) is 35.2 Å². The van der Waals surface area contributed by atoms with Gasteiger partial charge in [-0.1, -0.05) is 48.5 Å². The van der Waals surface area contributed by atoms with E-state index in [9.17, 15) is 0 Å². The predicted octanol–water partition coefficient (Wildman–Crippen LogP) is 3.61. The molecule has 2 heteroatoms. The topological polar surface area (TPSA) is 27.0 Å². The zero-order valence-corrected chi connectivity index (χ0v) is 10.6. The van der Waals surface area contributed by atoms with Gasteiger partial charge in [0.25, 0.3) is 0 Å².